The Kier molecular flexibility index (Phi) is 6.42. The Morgan fingerprint density at radius 1 is 1.07 bits per heavy atom. The number of rotatable bonds is 8. The van der Waals surface area contributed by atoms with Crippen LogP contribution in [0.3, 0.4) is 0 Å². The number of ether oxygens (including phenoxy) is 1. The van der Waals surface area contributed by atoms with Gasteiger partial charge in [0.1, 0.15) is 0 Å². The zero-order chi connectivity index (χ0) is 19.9. The van der Waals surface area contributed by atoms with E-state index in [2.05, 4.69) is 10.3 Å². The minimum absolute atomic E-state index is 0.0991. The quantitative estimate of drug-likeness (QED) is 0.607. The first-order valence-corrected chi connectivity index (χ1v) is 9.46. The van der Waals surface area contributed by atoms with Gasteiger partial charge >= 0.3 is 5.97 Å². The van der Waals surface area contributed by atoms with Crippen molar-refractivity contribution in [1.82, 2.24) is 14.9 Å². The van der Waals surface area contributed by atoms with Crippen LogP contribution in [-0.4, -0.2) is 27.5 Å². The van der Waals surface area contributed by atoms with Crippen LogP contribution in [0.1, 0.15) is 38.3 Å². The molecule has 6 heteroatoms. The molecule has 3 rings (SSSR count). The van der Waals surface area contributed by atoms with Gasteiger partial charge in [-0.3, -0.25) is 9.59 Å². The summed E-state index contributed by atoms with van der Waals surface area (Å²) in [7, 11) is 0. The Balaban J connectivity index is 1.64. The lowest BCUT2D eigenvalue weighted by Gasteiger charge is -2.19. The molecule has 0 saturated carbocycles. The zero-order valence-electron chi connectivity index (χ0n) is 16.2. The number of aromatic nitrogens is 2. The number of fused-ring (bicyclic) bond motifs is 1. The molecule has 1 atom stereocenters. The predicted octanol–water partition coefficient (Wildman–Crippen LogP) is 3.63. The third-order valence-electron chi connectivity index (χ3n) is 4.38. The third-order valence-corrected chi connectivity index (χ3v) is 4.38. The van der Waals surface area contributed by atoms with Crippen LogP contribution in [0.4, 0.5) is 0 Å². The van der Waals surface area contributed by atoms with E-state index >= 15 is 0 Å². The number of carbonyl (C=O) groups is 2. The van der Waals surface area contributed by atoms with Gasteiger partial charge in [0.15, 0.2) is 0 Å². The van der Waals surface area contributed by atoms with Gasteiger partial charge in [0.05, 0.1) is 35.9 Å². The number of hydrogen-bond donors (Lipinski definition) is 1. The van der Waals surface area contributed by atoms with Gasteiger partial charge in [-0.2, -0.15) is 0 Å². The fraction of sp³-hybridized carbons (Fsp3) is 0.318. The summed E-state index contributed by atoms with van der Waals surface area (Å²) in [5.74, 6) is -0.450. The first-order valence-electron chi connectivity index (χ1n) is 9.46. The second-order valence-electron chi connectivity index (χ2n) is 6.95. The summed E-state index contributed by atoms with van der Waals surface area (Å²) in [5, 5.41) is 2.97. The first-order chi connectivity index (χ1) is 13.5. The maximum absolute atomic E-state index is 12.6. The highest BCUT2D eigenvalue weighted by Crippen LogP contribution is 2.18. The van der Waals surface area contributed by atoms with E-state index in [9.17, 15) is 9.59 Å². The van der Waals surface area contributed by atoms with Gasteiger partial charge in [0.25, 0.3) is 0 Å². The topological polar surface area (TPSA) is 73.2 Å². The van der Waals surface area contributed by atoms with Crippen molar-refractivity contribution in [2.24, 2.45) is 0 Å². The minimum Gasteiger partial charge on any atom is -0.463 e. The lowest BCUT2D eigenvalue weighted by atomic mass is 10.0. The average molecular weight is 379 g/mol. The summed E-state index contributed by atoms with van der Waals surface area (Å²) in [6.45, 7) is 4.14. The number of carbonyl (C=O) groups excluding carboxylic acids is 2. The summed E-state index contributed by atoms with van der Waals surface area (Å²) in [5.41, 5.74) is 2.78. The zero-order valence-corrected chi connectivity index (χ0v) is 16.2. The molecular weight excluding hydrogens is 354 g/mol. The first kappa shape index (κ1) is 19.6. The largest absolute Gasteiger partial charge is 0.463 e. The molecule has 0 aliphatic rings. The molecule has 1 amide bonds. The van der Waals surface area contributed by atoms with Gasteiger partial charge in [0, 0.05) is 13.0 Å². The Morgan fingerprint density at radius 2 is 1.79 bits per heavy atom. The van der Waals surface area contributed by atoms with Crippen molar-refractivity contribution in [2.45, 2.75) is 45.4 Å². The van der Waals surface area contributed by atoms with Crippen molar-refractivity contribution < 1.29 is 14.3 Å². The summed E-state index contributed by atoms with van der Waals surface area (Å²) in [6, 6.07) is 16.9. The number of imidazole rings is 1. The van der Waals surface area contributed by atoms with E-state index in [0.717, 1.165) is 16.6 Å². The molecule has 0 fully saturated rings. The standard InChI is InChI=1S/C22H25N3O3/c1-16(2)28-22(27)14-19(17-8-4-3-5-9-17)24-21(26)12-13-25-15-23-18-10-6-7-11-20(18)25/h3-11,15-16,19H,12-14H2,1-2H3,(H,24,26)/t19-/m0/s1. The maximum atomic E-state index is 12.6. The smallest absolute Gasteiger partial charge is 0.308 e. The molecule has 28 heavy (non-hydrogen) atoms. The Hall–Kier alpha value is -3.15. The number of amides is 1. The number of nitrogens with zero attached hydrogens (tertiary/aromatic N) is 2. The fourth-order valence-corrected chi connectivity index (χ4v) is 3.09. The molecular formula is C22H25N3O3. The van der Waals surface area contributed by atoms with E-state index < -0.39 is 6.04 Å². The lowest BCUT2D eigenvalue weighted by Crippen LogP contribution is -2.31. The summed E-state index contributed by atoms with van der Waals surface area (Å²) in [4.78, 5) is 29.0. The molecule has 6 nitrogen and oxygen atoms in total. The van der Waals surface area contributed by atoms with E-state index in [1.807, 2.05) is 73.0 Å². The average Bonchev–Trinajstić information content (AvgIpc) is 3.09. The lowest BCUT2D eigenvalue weighted by molar-refractivity contribution is -0.148. The van der Waals surface area contributed by atoms with Crippen LogP contribution in [0.25, 0.3) is 11.0 Å². The highest BCUT2D eigenvalue weighted by molar-refractivity contribution is 5.79. The number of benzene rings is 2. The SMILES string of the molecule is CC(C)OC(=O)C[C@H](NC(=O)CCn1cnc2ccccc21)c1ccccc1. The number of hydrogen-bond acceptors (Lipinski definition) is 4. The third kappa shape index (κ3) is 5.19. The van der Waals surface area contributed by atoms with Gasteiger partial charge in [-0.05, 0) is 31.5 Å². The molecule has 0 saturated heterocycles. The molecule has 1 N–H and O–H groups in total. The number of aryl methyl sites for hydroxylation is 1. The molecule has 0 bridgehead atoms. The maximum Gasteiger partial charge on any atom is 0.308 e. The van der Waals surface area contributed by atoms with E-state index in [1.165, 1.54) is 0 Å². The van der Waals surface area contributed by atoms with Gasteiger partial charge in [-0.15, -0.1) is 0 Å². The van der Waals surface area contributed by atoms with Crippen LogP contribution in [0.2, 0.25) is 0 Å². The normalized spacial score (nSPS) is 12.1. The van der Waals surface area contributed by atoms with Crippen LogP contribution >= 0.6 is 0 Å². The molecule has 146 valence electrons. The number of esters is 1. The van der Waals surface area contributed by atoms with Crippen molar-refractivity contribution in [1.29, 1.82) is 0 Å². The van der Waals surface area contributed by atoms with Gasteiger partial charge < -0.3 is 14.6 Å². The molecule has 1 aromatic heterocycles. The van der Waals surface area contributed by atoms with E-state index in [0.29, 0.717) is 13.0 Å². The van der Waals surface area contributed by atoms with Crippen molar-refractivity contribution in [3.8, 4) is 0 Å². The molecule has 0 aliphatic carbocycles. The van der Waals surface area contributed by atoms with E-state index in [1.54, 1.807) is 6.33 Å². The summed E-state index contributed by atoms with van der Waals surface area (Å²) < 4.78 is 7.21. The molecule has 0 aliphatic heterocycles. The Labute approximate surface area is 164 Å². The fourth-order valence-electron chi connectivity index (χ4n) is 3.09. The van der Waals surface area contributed by atoms with Crippen LogP contribution in [0.15, 0.2) is 60.9 Å². The monoisotopic (exact) mass is 379 g/mol. The van der Waals surface area contributed by atoms with Crippen molar-refractivity contribution >= 4 is 22.9 Å². The minimum atomic E-state index is -0.417. The van der Waals surface area contributed by atoms with Crippen LogP contribution in [-0.2, 0) is 20.9 Å². The van der Waals surface area contributed by atoms with E-state index in [4.69, 9.17) is 4.74 Å². The molecule has 0 unspecified atom stereocenters. The molecule has 0 radical (unpaired) electrons. The molecule has 2 aromatic carbocycles. The van der Waals surface area contributed by atoms with Crippen LogP contribution in [0.5, 0.6) is 0 Å². The summed E-state index contributed by atoms with van der Waals surface area (Å²) >= 11 is 0. The second-order valence-corrected chi connectivity index (χ2v) is 6.95. The molecule has 3 aromatic rings. The number of nitrogens with one attached hydrogen (secondary N) is 1. The predicted molar refractivity (Wildman–Crippen MR) is 108 cm³/mol. The van der Waals surface area contributed by atoms with Crippen LogP contribution < -0.4 is 5.32 Å². The van der Waals surface area contributed by atoms with Crippen molar-refractivity contribution in [3.63, 3.8) is 0 Å². The van der Waals surface area contributed by atoms with Crippen molar-refractivity contribution in [3.05, 3.63) is 66.5 Å². The molecule has 0 spiro atoms. The van der Waals surface area contributed by atoms with Crippen LogP contribution in [0, 0.1) is 0 Å². The highest BCUT2D eigenvalue weighted by atomic mass is 16.5. The second kappa shape index (κ2) is 9.17. The number of para-hydroxylation sites is 2. The van der Waals surface area contributed by atoms with Gasteiger partial charge in [-0.25, -0.2) is 4.98 Å². The van der Waals surface area contributed by atoms with Gasteiger partial charge in [-0.1, -0.05) is 42.5 Å². The Bertz CT molecular complexity index is 934. The highest BCUT2D eigenvalue weighted by Gasteiger charge is 2.20. The Morgan fingerprint density at radius 3 is 2.54 bits per heavy atom. The van der Waals surface area contributed by atoms with Gasteiger partial charge in [0.2, 0.25) is 5.91 Å². The van der Waals surface area contributed by atoms with E-state index in [-0.39, 0.29) is 24.4 Å². The molecule has 1 heterocycles. The van der Waals surface area contributed by atoms with Crippen molar-refractivity contribution in [2.75, 3.05) is 0 Å². The summed E-state index contributed by atoms with van der Waals surface area (Å²) in [6.07, 6.45) is 1.95.